The van der Waals surface area contributed by atoms with E-state index in [1.54, 1.807) is 13.2 Å². The number of rotatable bonds is 7. The molecule has 0 saturated heterocycles. The highest BCUT2D eigenvalue weighted by Gasteiger charge is 2.09. The Morgan fingerprint density at radius 3 is 2.61 bits per heavy atom. The molecule has 0 unspecified atom stereocenters. The number of hydrogen-bond donors (Lipinski definition) is 2. The highest BCUT2D eigenvalue weighted by Crippen LogP contribution is 2.33. The number of aliphatic hydroxyl groups excluding tert-OH is 1. The summed E-state index contributed by atoms with van der Waals surface area (Å²) in [5.41, 5.74) is 0.921. The minimum absolute atomic E-state index is 0. The first-order chi connectivity index (χ1) is 8.22. The third-order valence-corrected chi connectivity index (χ3v) is 2.59. The van der Waals surface area contributed by atoms with Gasteiger partial charge in [0.25, 0.3) is 0 Å². The first-order valence-corrected chi connectivity index (χ1v) is 5.91. The number of benzene rings is 1. The van der Waals surface area contributed by atoms with Gasteiger partial charge in [-0.1, -0.05) is 11.6 Å². The quantitative estimate of drug-likeness (QED) is 0.758. The van der Waals surface area contributed by atoms with Crippen LogP contribution in [0.5, 0.6) is 11.5 Å². The summed E-state index contributed by atoms with van der Waals surface area (Å²) in [6.45, 7) is 3.71. The molecule has 1 aromatic carbocycles. The van der Waals surface area contributed by atoms with E-state index in [-0.39, 0.29) is 19.0 Å². The Morgan fingerprint density at radius 1 is 1.33 bits per heavy atom. The molecule has 6 heteroatoms. The van der Waals surface area contributed by atoms with Crippen LogP contribution in [-0.2, 0) is 6.54 Å². The lowest BCUT2D eigenvalue weighted by Gasteiger charge is -2.13. The van der Waals surface area contributed by atoms with Crippen molar-refractivity contribution in [3.05, 3.63) is 22.7 Å². The fourth-order valence-corrected chi connectivity index (χ4v) is 1.66. The van der Waals surface area contributed by atoms with Gasteiger partial charge in [0.15, 0.2) is 11.5 Å². The lowest BCUT2D eigenvalue weighted by Crippen LogP contribution is -2.17. The van der Waals surface area contributed by atoms with Gasteiger partial charge in [-0.3, -0.25) is 0 Å². The van der Waals surface area contributed by atoms with Crippen LogP contribution >= 0.6 is 24.0 Å². The average Bonchev–Trinajstić information content (AvgIpc) is 2.33. The first-order valence-electron chi connectivity index (χ1n) is 5.53. The second-order valence-corrected chi connectivity index (χ2v) is 3.84. The molecule has 0 saturated carbocycles. The van der Waals surface area contributed by atoms with Crippen LogP contribution in [0.1, 0.15) is 12.5 Å². The maximum absolute atomic E-state index is 8.69. The Balaban J connectivity index is 0.00000289. The van der Waals surface area contributed by atoms with Gasteiger partial charge in [0.05, 0.1) is 20.3 Å². The zero-order valence-corrected chi connectivity index (χ0v) is 12.1. The van der Waals surface area contributed by atoms with E-state index in [1.807, 2.05) is 13.0 Å². The molecule has 1 rings (SSSR count). The van der Waals surface area contributed by atoms with Gasteiger partial charge >= 0.3 is 0 Å². The van der Waals surface area contributed by atoms with Gasteiger partial charge in [0.1, 0.15) is 0 Å². The normalized spacial score (nSPS) is 9.78. The molecule has 0 aliphatic heterocycles. The van der Waals surface area contributed by atoms with Crippen LogP contribution in [0.25, 0.3) is 0 Å². The van der Waals surface area contributed by atoms with Crippen molar-refractivity contribution in [1.82, 2.24) is 5.32 Å². The molecule has 0 aliphatic rings. The summed E-state index contributed by atoms with van der Waals surface area (Å²) in [5.74, 6) is 1.31. The highest BCUT2D eigenvalue weighted by atomic mass is 35.5. The summed E-state index contributed by atoms with van der Waals surface area (Å²) < 4.78 is 10.7. The molecule has 4 nitrogen and oxygen atoms in total. The summed E-state index contributed by atoms with van der Waals surface area (Å²) in [6.07, 6.45) is 0. The van der Waals surface area contributed by atoms with Crippen molar-refractivity contribution in [3.8, 4) is 11.5 Å². The van der Waals surface area contributed by atoms with Gasteiger partial charge in [0.2, 0.25) is 0 Å². The van der Waals surface area contributed by atoms with Crippen LogP contribution in [0.4, 0.5) is 0 Å². The Morgan fingerprint density at radius 2 is 2.06 bits per heavy atom. The second kappa shape index (κ2) is 9.28. The van der Waals surface area contributed by atoms with Crippen LogP contribution in [0.3, 0.4) is 0 Å². The molecule has 0 spiro atoms. The lowest BCUT2D eigenvalue weighted by atomic mass is 10.2. The fraction of sp³-hybridized carbons (Fsp3) is 0.500. The number of halogens is 2. The topological polar surface area (TPSA) is 50.7 Å². The third-order valence-electron chi connectivity index (χ3n) is 2.24. The summed E-state index contributed by atoms with van der Waals surface area (Å²) in [4.78, 5) is 0. The van der Waals surface area contributed by atoms with Crippen molar-refractivity contribution >= 4 is 24.0 Å². The monoisotopic (exact) mass is 295 g/mol. The molecule has 0 atom stereocenters. The maximum atomic E-state index is 8.69. The number of hydrogen-bond acceptors (Lipinski definition) is 4. The van der Waals surface area contributed by atoms with E-state index in [4.69, 9.17) is 26.2 Å². The van der Waals surface area contributed by atoms with Gasteiger partial charge in [0, 0.05) is 24.2 Å². The standard InChI is InChI=1S/C12H18ClNO3.ClH/c1-3-17-12-6-9(8-14-4-5-15)10(13)7-11(12)16-2;/h6-7,14-15H,3-5,8H2,1-2H3;1H. The van der Waals surface area contributed by atoms with E-state index in [0.717, 1.165) is 5.56 Å². The summed E-state index contributed by atoms with van der Waals surface area (Å²) in [6, 6.07) is 3.59. The smallest absolute Gasteiger partial charge is 0.162 e. The van der Waals surface area contributed by atoms with Crippen LogP contribution in [0.15, 0.2) is 12.1 Å². The van der Waals surface area contributed by atoms with Crippen LogP contribution in [0.2, 0.25) is 5.02 Å². The number of aliphatic hydroxyl groups is 1. The molecule has 1 aromatic rings. The van der Waals surface area contributed by atoms with Gasteiger partial charge in [-0.25, -0.2) is 0 Å². The number of methoxy groups -OCH3 is 1. The van der Waals surface area contributed by atoms with Crippen molar-refractivity contribution in [1.29, 1.82) is 0 Å². The van der Waals surface area contributed by atoms with Crippen molar-refractivity contribution in [2.75, 3.05) is 26.9 Å². The van der Waals surface area contributed by atoms with Gasteiger partial charge in [-0.05, 0) is 18.6 Å². The van der Waals surface area contributed by atoms with Crippen LogP contribution in [0, 0.1) is 0 Å². The second-order valence-electron chi connectivity index (χ2n) is 3.43. The summed E-state index contributed by atoms with van der Waals surface area (Å²) in [5, 5.41) is 12.4. The Hall–Kier alpha value is -0.680. The van der Waals surface area contributed by atoms with Crippen molar-refractivity contribution in [2.45, 2.75) is 13.5 Å². The highest BCUT2D eigenvalue weighted by molar-refractivity contribution is 6.31. The van der Waals surface area contributed by atoms with E-state index in [0.29, 0.717) is 36.2 Å². The average molecular weight is 296 g/mol. The minimum atomic E-state index is 0. The molecule has 0 aromatic heterocycles. The molecule has 0 heterocycles. The van der Waals surface area contributed by atoms with Gasteiger partial charge in [-0.2, -0.15) is 0 Å². The number of nitrogens with one attached hydrogen (secondary N) is 1. The lowest BCUT2D eigenvalue weighted by molar-refractivity contribution is 0.291. The van der Waals surface area contributed by atoms with E-state index in [2.05, 4.69) is 5.32 Å². The van der Waals surface area contributed by atoms with E-state index in [9.17, 15) is 0 Å². The maximum Gasteiger partial charge on any atom is 0.162 e. The summed E-state index contributed by atoms with van der Waals surface area (Å²) in [7, 11) is 1.58. The summed E-state index contributed by atoms with van der Waals surface area (Å²) >= 11 is 6.12. The molecular formula is C12H19Cl2NO3. The predicted octanol–water partition coefficient (Wildman–Crippen LogP) is 2.25. The minimum Gasteiger partial charge on any atom is -0.493 e. The number of ether oxygens (including phenoxy) is 2. The molecule has 18 heavy (non-hydrogen) atoms. The SMILES string of the molecule is CCOc1cc(CNCCO)c(Cl)cc1OC.Cl. The zero-order chi connectivity index (χ0) is 12.7. The van der Waals surface area contributed by atoms with E-state index in [1.165, 1.54) is 0 Å². The molecule has 0 bridgehead atoms. The van der Waals surface area contributed by atoms with E-state index >= 15 is 0 Å². The predicted molar refractivity (Wildman–Crippen MR) is 75.2 cm³/mol. The third kappa shape index (κ3) is 4.90. The molecule has 0 amide bonds. The van der Waals surface area contributed by atoms with Crippen molar-refractivity contribution in [2.24, 2.45) is 0 Å². The largest absolute Gasteiger partial charge is 0.493 e. The van der Waals surface area contributed by atoms with Gasteiger partial charge in [-0.15, -0.1) is 12.4 Å². The molecule has 2 N–H and O–H groups in total. The van der Waals surface area contributed by atoms with E-state index < -0.39 is 0 Å². The first kappa shape index (κ1) is 17.3. The van der Waals surface area contributed by atoms with Crippen LogP contribution < -0.4 is 14.8 Å². The molecular weight excluding hydrogens is 277 g/mol. The molecule has 0 fully saturated rings. The Kier molecular flexibility index (Phi) is 8.93. The Labute approximate surface area is 119 Å². The molecule has 0 aliphatic carbocycles. The van der Waals surface area contributed by atoms with Crippen LogP contribution in [-0.4, -0.2) is 32.0 Å². The zero-order valence-electron chi connectivity index (χ0n) is 10.5. The molecule has 104 valence electrons. The molecule has 0 radical (unpaired) electrons. The van der Waals surface area contributed by atoms with Crippen molar-refractivity contribution < 1.29 is 14.6 Å². The van der Waals surface area contributed by atoms with Gasteiger partial charge < -0.3 is 19.9 Å². The van der Waals surface area contributed by atoms with Crippen molar-refractivity contribution in [3.63, 3.8) is 0 Å². The fourth-order valence-electron chi connectivity index (χ4n) is 1.44. The Bertz CT molecular complexity index is 361.